The molecule has 2 aromatic rings. The van der Waals surface area contributed by atoms with Crippen LogP contribution in [-0.2, 0) is 10.0 Å². The molecule has 0 saturated carbocycles. The number of carbonyl (C=O) groups excluding carboxylic acids is 1. The zero-order valence-corrected chi connectivity index (χ0v) is 15.2. The molecule has 0 N–H and O–H groups in total. The van der Waals surface area contributed by atoms with Crippen molar-refractivity contribution in [3.05, 3.63) is 51.3 Å². The zero-order chi connectivity index (χ0) is 19.1. The lowest BCUT2D eigenvalue weighted by atomic mass is 10.1. The summed E-state index contributed by atoms with van der Waals surface area (Å²) in [5.41, 5.74) is -0.152. The lowest BCUT2D eigenvalue weighted by Crippen LogP contribution is -2.29. The Hall–Kier alpha value is -2.59. The van der Waals surface area contributed by atoms with Gasteiger partial charge in [0, 0.05) is 19.2 Å². The lowest BCUT2D eigenvalue weighted by molar-refractivity contribution is -0.385. The fourth-order valence-corrected chi connectivity index (χ4v) is 5.06. The van der Waals surface area contributed by atoms with E-state index in [-0.39, 0.29) is 27.5 Å². The Bertz CT molecular complexity index is 990. The highest BCUT2D eigenvalue weighted by Gasteiger charge is 2.34. The van der Waals surface area contributed by atoms with Crippen LogP contribution in [0.15, 0.2) is 29.2 Å². The van der Waals surface area contributed by atoms with Gasteiger partial charge in [-0.15, -0.1) is 0 Å². The van der Waals surface area contributed by atoms with Gasteiger partial charge in [-0.05, 0) is 32.8 Å². The van der Waals surface area contributed by atoms with Gasteiger partial charge in [0.25, 0.3) is 11.6 Å². The van der Waals surface area contributed by atoms with Crippen molar-refractivity contribution in [2.45, 2.75) is 31.6 Å². The molecule has 1 fully saturated rings. The number of nitro benzene ring substituents is 1. The third-order valence-corrected chi connectivity index (χ3v) is 6.56. The molecule has 1 aromatic heterocycles. The van der Waals surface area contributed by atoms with Crippen LogP contribution in [0.1, 0.15) is 34.6 Å². The van der Waals surface area contributed by atoms with Gasteiger partial charge in [-0.2, -0.15) is 14.1 Å². The number of para-hydroxylation sites is 1. The fourth-order valence-electron chi connectivity index (χ4n) is 3.18. The number of aryl methyl sites for hydroxylation is 1. The molecule has 0 spiro atoms. The summed E-state index contributed by atoms with van der Waals surface area (Å²) in [4.78, 5) is 23.3. The molecule has 26 heavy (non-hydrogen) atoms. The average Bonchev–Trinajstić information content (AvgIpc) is 3.23. The highest BCUT2D eigenvalue weighted by molar-refractivity contribution is 7.89. The smallest absolute Gasteiger partial charge is 0.266 e. The highest BCUT2D eigenvalue weighted by Crippen LogP contribution is 2.27. The quantitative estimate of drug-likeness (QED) is 0.592. The summed E-state index contributed by atoms with van der Waals surface area (Å²) in [6.07, 6.45) is 1.58. The normalized spacial score (nSPS) is 15.3. The number of rotatable bonds is 4. The Morgan fingerprint density at radius 3 is 2.42 bits per heavy atom. The molecule has 10 heteroatoms. The Labute approximate surface area is 150 Å². The van der Waals surface area contributed by atoms with Crippen LogP contribution in [0.4, 0.5) is 5.69 Å². The lowest BCUT2D eigenvalue weighted by Gasteiger charge is -2.15. The van der Waals surface area contributed by atoms with Crippen molar-refractivity contribution in [1.82, 2.24) is 14.1 Å². The molecule has 0 unspecified atom stereocenters. The summed E-state index contributed by atoms with van der Waals surface area (Å²) in [7, 11) is -3.76. The second-order valence-corrected chi connectivity index (χ2v) is 7.98. The molecule has 1 aliphatic heterocycles. The number of hydrogen-bond acceptors (Lipinski definition) is 6. The van der Waals surface area contributed by atoms with E-state index >= 15 is 0 Å². The van der Waals surface area contributed by atoms with Crippen molar-refractivity contribution in [3.8, 4) is 0 Å². The van der Waals surface area contributed by atoms with Gasteiger partial charge in [-0.3, -0.25) is 14.9 Å². The standard InChI is InChI=1S/C16H18N4O5S/c1-11-15(26(24,25)18-9-5-6-10-18)12(2)19(17-11)16(21)13-7-3-4-8-14(13)20(22)23/h3-4,7-8H,5-6,9-10H2,1-2H3. The second kappa shape index (κ2) is 6.61. The van der Waals surface area contributed by atoms with Crippen LogP contribution in [-0.4, -0.2) is 46.4 Å². The van der Waals surface area contributed by atoms with E-state index in [9.17, 15) is 23.3 Å². The zero-order valence-electron chi connectivity index (χ0n) is 14.4. The number of carbonyl (C=O) groups is 1. The van der Waals surface area contributed by atoms with Crippen LogP contribution in [0, 0.1) is 24.0 Å². The Morgan fingerprint density at radius 2 is 1.81 bits per heavy atom. The molecular formula is C16H18N4O5S. The van der Waals surface area contributed by atoms with Gasteiger partial charge in [0.05, 0.1) is 16.3 Å². The summed E-state index contributed by atoms with van der Waals surface area (Å²) < 4.78 is 28.1. The predicted molar refractivity (Wildman–Crippen MR) is 92.5 cm³/mol. The first kappa shape index (κ1) is 18.2. The van der Waals surface area contributed by atoms with E-state index in [1.54, 1.807) is 0 Å². The summed E-state index contributed by atoms with van der Waals surface area (Å²) >= 11 is 0. The van der Waals surface area contributed by atoms with Crippen LogP contribution < -0.4 is 0 Å². The van der Waals surface area contributed by atoms with Crippen molar-refractivity contribution in [2.75, 3.05) is 13.1 Å². The summed E-state index contributed by atoms with van der Waals surface area (Å²) in [5.74, 6) is -0.735. The van der Waals surface area contributed by atoms with Crippen LogP contribution >= 0.6 is 0 Å². The molecular weight excluding hydrogens is 360 g/mol. The van der Waals surface area contributed by atoms with Gasteiger partial charge in [0.2, 0.25) is 10.0 Å². The van der Waals surface area contributed by atoms with Crippen LogP contribution in [0.3, 0.4) is 0 Å². The fraction of sp³-hybridized carbons (Fsp3) is 0.375. The van der Waals surface area contributed by atoms with E-state index in [2.05, 4.69) is 5.10 Å². The minimum Gasteiger partial charge on any atom is -0.266 e. The predicted octanol–water partition coefficient (Wildman–Crippen LogP) is 1.88. The van der Waals surface area contributed by atoms with Crippen molar-refractivity contribution in [2.24, 2.45) is 0 Å². The molecule has 1 saturated heterocycles. The van der Waals surface area contributed by atoms with Crippen LogP contribution in [0.25, 0.3) is 0 Å². The molecule has 138 valence electrons. The third kappa shape index (κ3) is 2.90. The minimum atomic E-state index is -3.76. The van der Waals surface area contributed by atoms with Crippen molar-refractivity contribution in [1.29, 1.82) is 0 Å². The van der Waals surface area contributed by atoms with Gasteiger partial charge in [-0.25, -0.2) is 8.42 Å². The molecule has 3 rings (SSSR count). The minimum absolute atomic E-state index is 0.00802. The maximum absolute atomic E-state index is 12.9. The molecule has 0 atom stereocenters. The number of sulfonamides is 1. The average molecular weight is 378 g/mol. The number of hydrogen-bond donors (Lipinski definition) is 0. The molecule has 2 heterocycles. The van der Waals surface area contributed by atoms with Crippen LogP contribution in [0.2, 0.25) is 0 Å². The molecule has 1 aliphatic rings. The summed E-state index contributed by atoms with van der Waals surface area (Å²) in [6.45, 7) is 3.86. The first-order chi connectivity index (χ1) is 12.2. The van der Waals surface area contributed by atoms with E-state index in [1.807, 2.05) is 0 Å². The van der Waals surface area contributed by atoms with E-state index in [4.69, 9.17) is 0 Å². The molecule has 9 nitrogen and oxygen atoms in total. The van der Waals surface area contributed by atoms with Crippen molar-refractivity contribution in [3.63, 3.8) is 0 Å². The summed E-state index contributed by atoms with van der Waals surface area (Å²) in [6, 6.07) is 5.51. The number of nitro groups is 1. The molecule has 0 aliphatic carbocycles. The van der Waals surface area contributed by atoms with Crippen molar-refractivity contribution >= 4 is 21.6 Å². The van der Waals surface area contributed by atoms with Gasteiger partial charge in [-0.1, -0.05) is 12.1 Å². The topological polar surface area (TPSA) is 115 Å². The molecule has 0 radical (unpaired) electrons. The van der Waals surface area contributed by atoms with Gasteiger partial charge in [0.1, 0.15) is 10.5 Å². The Balaban J connectivity index is 2.09. The van der Waals surface area contributed by atoms with E-state index in [1.165, 1.54) is 42.4 Å². The molecule has 0 bridgehead atoms. The maximum Gasteiger partial charge on any atom is 0.285 e. The third-order valence-electron chi connectivity index (χ3n) is 4.41. The largest absolute Gasteiger partial charge is 0.285 e. The second-order valence-electron chi connectivity index (χ2n) is 6.10. The summed E-state index contributed by atoms with van der Waals surface area (Å²) in [5, 5.41) is 15.2. The van der Waals surface area contributed by atoms with Gasteiger partial charge >= 0.3 is 0 Å². The molecule has 0 amide bonds. The van der Waals surface area contributed by atoms with Crippen LogP contribution in [0.5, 0.6) is 0 Å². The van der Waals surface area contributed by atoms with Gasteiger partial charge in [0.15, 0.2) is 0 Å². The number of benzene rings is 1. The highest BCUT2D eigenvalue weighted by atomic mass is 32.2. The number of nitrogens with zero attached hydrogens (tertiary/aromatic N) is 4. The van der Waals surface area contributed by atoms with E-state index < -0.39 is 20.9 Å². The van der Waals surface area contributed by atoms with Crippen molar-refractivity contribution < 1.29 is 18.1 Å². The van der Waals surface area contributed by atoms with E-state index in [0.29, 0.717) is 13.1 Å². The SMILES string of the molecule is Cc1nn(C(=O)c2ccccc2[N+](=O)[O-])c(C)c1S(=O)(=O)N1CCCC1. The van der Waals surface area contributed by atoms with Gasteiger partial charge < -0.3 is 0 Å². The first-order valence-corrected chi connectivity index (χ1v) is 9.53. The Morgan fingerprint density at radius 1 is 1.19 bits per heavy atom. The molecule has 1 aromatic carbocycles. The monoisotopic (exact) mass is 378 g/mol. The Kier molecular flexibility index (Phi) is 4.63. The number of aromatic nitrogens is 2. The maximum atomic E-state index is 12.9. The first-order valence-electron chi connectivity index (χ1n) is 8.09. The van der Waals surface area contributed by atoms with E-state index in [0.717, 1.165) is 17.5 Å².